The van der Waals surface area contributed by atoms with Gasteiger partial charge >= 0.3 is 5.97 Å². The Balaban J connectivity index is 1.38. The molecule has 1 aromatic carbocycles. The van der Waals surface area contributed by atoms with E-state index in [0.717, 1.165) is 17.6 Å². The van der Waals surface area contributed by atoms with Crippen molar-refractivity contribution in [2.45, 2.75) is 35.4 Å². The lowest BCUT2D eigenvalue weighted by Gasteiger charge is -2.31. The number of anilines is 1. The van der Waals surface area contributed by atoms with Crippen molar-refractivity contribution in [1.82, 2.24) is 15.0 Å². The minimum atomic E-state index is -1.07. The summed E-state index contributed by atoms with van der Waals surface area (Å²) in [6, 6.07) is 7.04. The van der Waals surface area contributed by atoms with Gasteiger partial charge in [0.15, 0.2) is 16.0 Å². The van der Waals surface area contributed by atoms with E-state index in [0.29, 0.717) is 61.2 Å². The van der Waals surface area contributed by atoms with Crippen LogP contribution in [-0.2, 0) is 4.79 Å². The number of hydrogen-bond donors (Lipinski definition) is 4. The molecule has 8 nitrogen and oxygen atoms in total. The van der Waals surface area contributed by atoms with Crippen molar-refractivity contribution in [3.05, 3.63) is 68.8 Å². The second kappa shape index (κ2) is 7.97. The van der Waals surface area contributed by atoms with Gasteiger partial charge in [-0.2, -0.15) is 0 Å². The Kier molecular flexibility index (Phi) is 5.02. The Bertz CT molecular complexity index is 1490. The number of carboxylic acid groups (broad SMARTS) is 1. The van der Waals surface area contributed by atoms with Crippen molar-refractivity contribution in [2.24, 2.45) is 0 Å². The third-order valence-electron chi connectivity index (χ3n) is 6.04. The van der Waals surface area contributed by atoms with E-state index >= 15 is 0 Å². The van der Waals surface area contributed by atoms with E-state index in [9.17, 15) is 14.7 Å². The lowest BCUT2D eigenvalue weighted by atomic mass is 9.78. The minimum Gasteiger partial charge on any atom is -0.477 e. The second-order valence-electron chi connectivity index (χ2n) is 8.11. The van der Waals surface area contributed by atoms with Crippen LogP contribution < -0.4 is 5.32 Å². The molecule has 172 valence electrons. The zero-order chi connectivity index (χ0) is 23.6. The molecule has 1 aliphatic carbocycles. The van der Waals surface area contributed by atoms with Gasteiger partial charge in [-0.25, -0.2) is 9.78 Å². The van der Waals surface area contributed by atoms with Gasteiger partial charge in [-0.15, -0.1) is 0 Å². The number of imidazole rings is 1. The third-order valence-corrected chi connectivity index (χ3v) is 7.57. The van der Waals surface area contributed by atoms with Crippen LogP contribution >= 0.6 is 35.0 Å². The molecular weight excluding hydrogens is 499 g/mol. The van der Waals surface area contributed by atoms with Gasteiger partial charge in [0, 0.05) is 29.5 Å². The standard InChI is InChI=1S/C23H16Cl2N4O4S/c24-10-6-13-14(7-11(10)25)29-23(28-13)34-17-5-4-16(33-17)18-9-8-26-21(22(31)32)20(9)27-12-2-1-3-15(30)19(12)18/h4-8,18,26-27H,1-3H2,(H,28,29)(H,31,32). The number of ketones is 1. The summed E-state index contributed by atoms with van der Waals surface area (Å²) in [7, 11) is 0. The fourth-order valence-corrected chi connectivity index (χ4v) is 5.66. The summed E-state index contributed by atoms with van der Waals surface area (Å²) in [5.41, 5.74) is 4.03. The highest BCUT2D eigenvalue weighted by Crippen LogP contribution is 2.47. The van der Waals surface area contributed by atoms with E-state index in [1.54, 1.807) is 18.3 Å². The Morgan fingerprint density at radius 1 is 1.21 bits per heavy atom. The van der Waals surface area contributed by atoms with Gasteiger partial charge in [-0.3, -0.25) is 4.79 Å². The molecule has 4 N–H and O–H groups in total. The molecule has 0 saturated carbocycles. The van der Waals surface area contributed by atoms with Crippen LogP contribution in [0.4, 0.5) is 5.69 Å². The number of nitrogens with zero attached hydrogens (tertiary/aromatic N) is 1. The second-order valence-corrected chi connectivity index (χ2v) is 9.92. The summed E-state index contributed by atoms with van der Waals surface area (Å²) in [6.07, 6.45) is 3.48. The summed E-state index contributed by atoms with van der Waals surface area (Å²) < 4.78 is 6.17. The number of benzene rings is 1. The monoisotopic (exact) mass is 514 g/mol. The lowest BCUT2D eigenvalue weighted by molar-refractivity contribution is -0.116. The van der Waals surface area contributed by atoms with E-state index in [1.807, 2.05) is 12.1 Å². The van der Waals surface area contributed by atoms with Crippen LogP contribution in [-0.4, -0.2) is 31.8 Å². The number of nitrogens with one attached hydrogen (secondary N) is 3. The summed E-state index contributed by atoms with van der Waals surface area (Å²) in [6.45, 7) is 0. The number of carbonyl (C=O) groups is 2. The zero-order valence-electron chi connectivity index (χ0n) is 17.4. The van der Waals surface area contributed by atoms with E-state index < -0.39 is 11.9 Å². The van der Waals surface area contributed by atoms with Gasteiger partial charge in [-0.05, 0) is 48.9 Å². The first-order chi connectivity index (χ1) is 16.4. The number of H-pyrrole nitrogens is 2. The Morgan fingerprint density at radius 3 is 2.85 bits per heavy atom. The molecule has 0 bridgehead atoms. The number of carboxylic acids is 1. The summed E-state index contributed by atoms with van der Waals surface area (Å²) in [5, 5.41) is 14.8. The molecule has 6 rings (SSSR count). The average molecular weight is 515 g/mol. The van der Waals surface area contributed by atoms with Crippen molar-refractivity contribution in [3.63, 3.8) is 0 Å². The number of carbonyl (C=O) groups excluding carboxylic acids is 1. The van der Waals surface area contributed by atoms with Crippen molar-refractivity contribution < 1.29 is 19.1 Å². The predicted octanol–water partition coefficient (Wildman–Crippen LogP) is 6.20. The van der Waals surface area contributed by atoms with E-state index in [4.69, 9.17) is 27.6 Å². The van der Waals surface area contributed by atoms with Crippen LogP contribution in [0.15, 0.2) is 56.4 Å². The highest BCUT2D eigenvalue weighted by Gasteiger charge is 2.39. The zero-order valence-corrected chi connectivity index (χ0v) is 19.7. The molecule has 0 amide bonds. The number of rotatable bonds is 4. The number of aromatic carboxylic acids is 1. The molecule has 1 unspecified atom stereocenters. The summed E-state index contributed by atoms with van der Waals surface area (Å²) in [5.74, 6) is -0.962. The molecule has 0 saturated heterocycles. The van der Waals surface area contributed by atoms with Crippen molar-refractivity contribution in [3.8, 4) is 0 Å². The third kappa shape index (κ3) is 3.43. The Hall–Kier alpha value is -3.14. The fourth-order valence-electron chi connectivity index (χ4n) is 4.57. The topological polar surface area (TPSA) is 124 Å². The maximum absolute atomic E-state index is 12.9. The number of Topliss-reactive ketones (excluding diaryl/α,β-unsaturated/α-hetero) is 1. The molecule has 4 aromatic rings. The first kappa shape index (κ1) is 21.4. The van der Waals surface area contributed by atoms with Gasteiger partial charge < -0.3 is 24.8 Å². The molecule has 34 heavy (non-hydrogen) atoms. The van der Waals surface area contributed by atoms with Crippen LogP contribution in [0.2, 0.25) is 10.0 Å². The number of halogens is 2. The lowest BCUT2D eigenvalue weighted by Crippen LogP contribution is -2.26. The average Bonchev–Trinajstić information content (AvgIpc) is 3.51. The molecule has 1 aliphatic heterocycles. The molecule has 0 spiro atoms. The molecule has 4 heterocycles. The first-order valence-electron chi connectivity index (χ1n) is 10.5. The van der Waals surface area contributed by atoms with Crippen LogP contribution in [0.25, 0.3) is 11.0 Å². The molecule has 0 fully saturated rings. The van der Waals surface area contributed by atoms with E-state index in [-0.39, 0.29) is 11.5 Å². The first-order valence-corrected chi connectivity index (χ1v) is 12.1. The van der Waals surface area contributed by atoms with Crippen molar-refractivity contribution >= 4 is 63.4 Å². The van der Waals surface area contributed by atoms with Gasteiger partial charge in [0.25, 0.3) is 0 Å². The fraction of sp³-hybridized carbons (Fsp3) is 0.174. The van der Waals surface area contributed by atoms with Crippen LogP contribution in [0.5, 0.6) is 0 Å². The normalized spacial score (nSPS) is 17.6. The number of fused-ring (bicyclic) bond motifs is 2. The highest BCUT2D eigenvalue weighted by atomic mass is 35.5. The summed E-state index contributed by atoms with van der Waals surface area (Å²) in [4.78, 5) is 35.2. The van der Waals surface area contributed by atoms with Crippen LogP contribution in [0.1, 0.15) is 47.0 Å². The quantitative estimate of drug-likeness (QED) is 0.255. The van der Waals surface area contributed by atoms with Gasteiger partial charge in [0.05, 0.1) is 32.7 Å². The number of allylic oxidation sites excluding steroid dienone is 2. The molecule has 11 heteroatoms. The Labute approximate surface area is 206 Å². The molecule has 3 aromatic heterocycles. The van der Waals surface area contributed by atoms with Gasteiger partial charge in [0.2, 0.25) is 0 Å². The SMILES string of the molecule is O=C1CCCC2=C1C(c1ccc(Sc3nc4cc(Cl)c(Cl)cc4[nH]3)o1)c1c[nH]c(C(=O)O)c1N2. The maximum Gasteiger partial charge on any atom is 0.354 e. The predicted molar refractivity (Wildman–Crippen MR) is 128 cm³/mol. The van der Waals surface area contributed by atoms with Gasteiger partial charge in [-0.1, -0.05) is 23.2 Å². The van der Waals surface area contributed by atoms with Gasteiger partial charge in [0.1, 0.15) is 11.5 Å². The van der Waals surface area contributed by atoms with Crippen molar-refractivity contribution in [2.75, 3.05) is 5.32 Å². The molecule has 0 radical (unpaired) electrons. The van der Waals surface area contributed by atoms with Crippen LogP contribution in [0.3, 0.4) is 0 Å². The summed E-state index contributed by atoms with van der Waals surface area (Å²) >= 11 is 13.5. The molecule has 2 aliphatic rings. The minimum absolute atomic E-state index is 0.0409. The Morgan fingerprint density at radius 2 is 2.03 bits per heavy atom. The number of hydrogen-bond acceptors (Lipinski definition) is 6. The highest BCUT2D eigenvalue weighted by molar-refractivity contribution is 7.99. The molecule has 1 atom stereocenters. The van der Waals surface area contributed by atoms with E-state index in [2.05, 4.69) is 20.3 Å². The number of aromatic amines is 2. The number of furan rings is 1. The largest absolute Gasteiger partial charge is 0.477 e. The van der Waals surface area contributed by atoms with E-state index in [1.165, 1.54) is 11.8 Å². The smallest absolute Gasteiger partial charge is 0.354 e. The molecular formula is C23H16Cl2N4O4S. The van der Waals surface area contributed by atoms with Crippen LogP contribution in [0, 0.1) is 0 Å². The maximum atomic E-state index is 12.9. The van der Waals surface area contributed by atoms with Crippen molar-refractivity contribution in [1.29, 1.82) is 0 Å². The number of aromatic nitrogens is 3.